The second-order valence-electron chi connectivity index (χ2n) is 12.7. The molecule has 4 aromatic heterocycles. The van der Waals surface area contributed by atoms with Gasteiger partial charge in [-0.25, -0.2) is 9.97 Å². The first-order valence-electron chi connectivity index (χ1n) is 13.8. The van der Waals surface area contributed by atoms with E-state index >= 15 is 0 Å². The molecule has 3 aromatic carbocycles. The third-order valence-electron chi connectivity index (χ3n) is 7.73. The lowest BCUT2D eigenvalue weighted by Crippen LogP contribution is -2.12. The summed E-state index contributed by atoms with van der Waals surface area (Å²) in [6, 6.07) is 29.1. The van der Waals surface area contributed by atoms with E-state index in [-0.39, 0.29) is 10.8 Å². The molecule has 4 heteroatoms. The van der Waals surface area contributed by atoms with Gasteiger partial charge in [0.05, 0.1) is 22.2 Å². The van der Waals surface area contributed by atoms with Crippen LogP contribution in [0.15, 0.2) is 93.8 Å². The molecule has 4 nitrogen and oxygen atoms in total. The van der Waals surface area contributed by atoms with E-state index in [1.54, 1.807) is 0 Å². The molecule has 0 unspecified atom stereocenters. The third kappa shape index (κ3) is 3.82. The van der Waals surface area contributed by atoms with Crippen LogP contribution in [0.3, 0.4) is 0 Å². The molecule has 7 aromatic rings. The van der Waals surface area contributed by atoms with Crippen molar-refractivity contribution >= 4 is 44.1 Å². The third-order valence-corrected chi connectivity index (χ3v) is 7.73. The average molecular weight is 525 g/mol. The summed E-state index contributed by atoms with van der Waals surface area (Å²) in [6.07, 6.45) is 0. The highest BCUT2D eigenvalue weighted by Crippen LogP contribution is 2.45. The van der Waals surface area contributed by atoms with E-state index in [2.05, 4.69) is 102 Å². The minimum Gasteiger partial charge on any atom is -0.454 e. The lowest BCUT2D eigenvalue weighted by Gasteiger charge is -2.20. The van der Waals surface area contributed by atoms with Gasteiger partial charge in [0, 0.05) is 22.3 Å². The Morgan fingerprint density at radius 2 is 0.875 bits per heavy atom. The summed E-state index contributed by atoms with van der Waals surface area (Å²) >= 11 is 0. The minimum atomic E-state index is -0.145. The maximum Gasteiger partial charge on any atom is 0.157 e. The van der Waals surface area contributed by atoms with Gasteiger partial charge in [-0.2, -0.15) is 0 Å². The topological polar surface area (TPSA) is 52.1 Å². The van der Waals surface area contributed by atoms with E-state index in [4.69, 9.17) is 18.8 Å². The number of fused-ring (bicyclic) bond motifs is 7. The molecule has 7 rings (SSSR count). The van der Waals surface area contributed by atoms with Crippen LogP contribution in [-0.2, 0) is 10.8 Å². The molecule has 4 heterocycles. The molecule has 0 fully saturated rings. The lowest BCUT2D eigenvalue weighted by molar-refractivity contribution is 0.570. The fraction of sp³-hybridized carbons (Fsp3) is 0.222. The zero-order chi connectivity index (χ0) is 27.8. The summed E-state index contributed by atoms with van der Waals surface area (Å²) in [6.45, 7) is 13.3. The Morgan fingerprint density at radius 1 is 0.500 bits per heavy atom. The summed E-state index contributed by atoms with van der Waals surface area (Å²) in [4.78, 5) is 10.5. The Labute approximate surface area is 233 Å². The maximum atomic E-state index is 6.61. The zero-order valence-electron chi connectivity index (χ0n) is 23.8. The number of aromatic nitrogens is 2. The second kappa shape index (κ2) is 8.53. The molecule has 0 aliphatic heterocycles. The van der Waals surface area contributed by atoms with Crippen molar-refractivity contribution in [1.82, 2.24) is 9.97 Å². The minimum absolute atomic E-state index is 0.145. The number of hydrogen-bond donors (Lipinski definition) is 0. The number of pyridine rings is 2. The molecule has 198 valence electrons. The Kier molecular flexibility index (Phi) is 5.24. The largest absolute Gasteiger partial charge is 0.454 e. The first-order valence-corrected chi connectivity index (χ1v) is 13.8. The Balaban J connectivity index is 1.66. The predicted molar refractivity (Wildman–Crippen MR) is 165 cm³/mol. The Morgan fingerprint density at radius 3 is 1.23 bits per heavy atom. The van der Waals surface area contributed by atoms with Gasteiger partial charge >= 0.3 is 0 Å². The van der Waals surface area contributed by atoms with Crippen molar-refractivity contribution in [3.8, 4) is 22.5 Å². The van der Waals surface area contributed by atoms with Crippen molar-refractivity contribution in [1.29, 1.82) is 0 Å². The standard InChI is InChI=1S/C36H32N2O2/c1-35(2,3)23-19-25(21-13-9-7-10-14-21)37-31-29-27(39-33(23)31)17-18-28-30(29)32-34(40-28)24(36(4,5)6)20-26(38-32)22-15-11-8-12-16-22/h7-20H,1-6H3. The molecule has 0 radical (unpaired) electrons. The van der Waals surface area contributed by atoms with Gasteiger partial charge in [0.1, 0.15) is 22.2 Å². The van der Waals surface area contributed by atoms with Crippen LogP contribution in [0.5, 0.6) is 0 Å². The van der Waals surface area contributed by atoms with E-state index in [0.717, 1.165) is 77.8 Å². The van der Waals surface area contributed by atoms with Crippen LogP contribution in [-0.4, -0.2) is 9.97 Å². The van der Waals surface area contributed by atoms with Crippen molar-refractivity contribution in [3.05, 3.63) is 96.1 Å². The number of benzene rings is 3. The van der Waals surface area contributed by atoms with Crippen LogP contribution < -0.4 is 0 Å². The fourth-order valence-electron chi connectivity index (χ4n) is 5.66. The van der Waals surface area contributed by atoms with Gasteiger partial charge in [-0.05, 0) is 35.1 Å². The van der Waals surface area contributed by atoms with Gasteiger partial charge < -0.3 is 8.83 Å². The quantitative estimate of drug-likeness (QED) is 0.226. The van der Waals surface area contributed by atoms with Crippen LogP contribution in [0, 0.1) is 0 Å². The van der Waals surface area contributed by atoms with Crippen molar-refractivity contribution in [2.24, 2.45) is 0 Å². The van der Waals surface area contributed by atoms with Gasteiger partial charge in [0.2, 0.25) is 0 Å². The van der Waals surface area contributed by atoms with Crippen molar-refractivity contribution in [2.75, 3.05) is 0 Å². The van der Waals surface area contributed by atoms with Crippen LogP contribution >= 0.6 is 0 Å². The first-order chi connectivity index (χ1) is 19.1. The smallest absolute Gasteiger partial charge is 0.157 e. The van der Waals surface area contributed by atoms with E-state index in [1.807, 2.05) is 24.3 Å². The summed E-state index contributed by atoms with van der Waals surface area (Å²) in [5.41, 5.74) is 10.9. The molecule has 0 saturated carbocycles. The van der Waals surface area contributed by atoms with Gasteiger partial charge in [-0.15, -0.1) is 0 Å². The monoisotopic (exact) mass is 524 g/mol. The molecular formula is C36H32N2O2. The van der Waals surface area contributed by atoms with E-state index in [0.29, 0.717) is 0 Å². The number of furan rings is 2. The van der Waals surface area contributed by atoms with Crippen LogP contribution in [0.4, 0.5) is 0 Å². The Hall–Kier alpha value is -4.44. The average Bonchev–Trinajstić information content (AvgIpc) is 3.49. The van der Waals surface area contributed by atoms with Crippen LogP contribution in [0.1, 0.15) is 52.7 Å². The first kappa shape index (κ1) is 24.6. The summed E-state index contributed by atoms with van der Waals surface area (Å²) in [5.74, 6) is 0. The number of hydrogen-bond acceptors (Lipinski definition) is 4. The highest BCUT2D eigenvalue weighted by atomic mass is 16.3. The van der Waals surface area contributed by atoms with Gasteiger partial charge in [-0.1, -0.05) is 102 Å². The normalized spacial score (nSPS) is 12.8. The van der Waals surface area contributed by atoms with Crippen molar-refractivity contribution in [3.63, 3.8) is 0 Å². The molecule has 40 heavy (non-hydrogen) atoms. The van der Waals surface area contributed by atoms with E-state index < -0.39 is 0 Å². The molecule has 0 saturated heterocycles. The van der Waals surface area contributed by atoms with Crippen molar-refractivity contribution in [2.45, 2.75) is 52.4 Å². The molecule has 0 aliphatic carbocycles. The molecule has 0 N–H and O–H groups in total. The maximum absolute atomic E-state index is 6.61. The SMILES string of the molecule is CC(C)(C)c1cc(-c2ccccc2)nc2c1oc1ccc3oc4c(C(C)(C)C)cc(-c5ccccc5)nc4c3c12. The van der Waals surface area contributed by atoms with E-state index in [9.17, 15) is 0 Å². The highest BCUT2D eigenvalue weighted by Gasteiger charge is 2.28. The fourth-order valence-corrected chi connectivity index (χ4v) is 5.66. The van der Waals surface area contributed by atoms with Gasteiger partial charge in [0.25, 0.3) is 0 Å². The van der Waals surface area contributed by atoms with Crippen molar-refractivity contribution < 1.29 is 8.83 Å². The molecule has 0 atom stereocenters. The van der Waals surface area contributed by atoms with Crippen LogP contribution in [0.2, 0.25) is 0 Å². The molecule has 0 amide bonds. The van der Waals surface area contributed by atoms with Gasteiger partial charge in [-0.3, -0.25) is 0 Å². The second-order valence-corrected chi connectivity index (χ2v) is 12.7. The van der Waals surface area contributed by atoms with Gasteiger partial charge in [0.15, 0.2) is 11.2 Å². The summed E-state index contributed by atoms with van der Waals surface area (Å²) < 4.78 is 13.2. The number of nitrogens with zero attached hydrogens (tertiary/aromatic N) is 2. The predicted octanol–water partition coefficient (Wildman–Crippen LogP) is 10.2. The highest BCUT2D eigenvalue weighted by molar-refractivity contribution is 6.24. The van der Waals surface area contributed by atoms with Crippen LogP contribution in [0.25, 0.3) is 66.7 Å². The number of rotatable bonds is 2. The molecule has 0 bridgehead atoms. The zero-order valence-corrected chi connectivity index (χ0v) is 23.8. The Bertz CT molecular complexity index is 1900. The lowest BCUT2D eigenvalue weighted by atomic mass is 9.85. The summed E-state index contributed by atoms with van der Waals surface area (Å²) in [7, 11) is 0. The summed E-state index contributed by atoms with van der Waals surface area (Å²) in [5, 5.41) is 1.90. The molecular weight excluding hydrogens is 492 g/mol. The molecule has 0 aliphatic rings. The molecule has 0 spiro atoms. The van der Waals surface area contributed by atoms with E-state index in [1.165, 1.54) is 0 Å².